The van der Waals surface area contributed by atoms with Crippen molar-refractivity contribution in [2.24, 2.45) is 0 Å². The van der Waals surface area contributed by atoms with Crippen LogP contribution in [0, 0.1) is 20.8 Å². The van der Waals surface area contributed by atoms with Gasteiger partial charge in [0.15, 0.2) is 5.69 Å². The summed E-state index contributed by atoms with van der Waals surface area (Å²) in [4.78, 5) is 12.6. The molecule has 30 heavy (non-hydrogen) atoms. The van der Waals surface area contributed by atoms with Gasteiger partial charge in [0.1, 0.15) is 6.04 Å². The number of nitrogens with zero attached hydrogens (tertiary/aromatic N) is 4. The van der Waals surface area contributed by atoms with Gasteiger partial charge in [-0.1, -0.05) is 12.1 Å². The highest BCUT2D eigenvalue weighted by Gasteiger charge is 2.35. The summed E-state index contributed by atoms with van der Waals surface area (Å²) in [7, 11) is 0. The number of hydrogen-bond acceptors (Lipinski definition) is 3. The third-order valence-corrected chi connectivity index (χ3v) is 5.93. The molecular formula is C20H21BrF3N5O. The first-order valence-electron chi connectivity index (χ1n) is 9.20. The summed E-state index contributed by atoms with van der Waals surface area (Å²) in [6.07, 6.45) is -4.56. The molecule has 0 bridgehead atoms. The molecule has 0 spiro atoms. The van der Waals surface area contributed by atoms with Crippen LogP contribution in [-0.2, 0) is 17.5 Å². The predicted molar refractivity (Wildman–Crippen MR) is 110 cm³/mol. The Balaban J connectivity index is 1.75. The van der Waals surface area contributed by atoms with Crippen LogP contribution in [-0.4, -0.2) is 25.5 Å². The second-order valence-corrected chi connectivity index (χ2v) is 7.91. The van der Waals surface area contributed by atoms with E-state index in [0.29, 0.717) is 12.2 Å². The predicted octanol–water partition coefficient (Wildman–Crippen LogP) is 5.03. The van der Waals surface area contributed by atoms with Gasteiger partial charge in [-0.3, -0.25) is 14.2 Å². The van der Waals surface area contributed by atoms with E-state index in [1.54, 1.807) is 12.1 Å². The van der Waals surface area contributed by atoms with Gasteiger partial charge in [0, 0.05) is 11.4 Å². The van der Waals surface area contributed by atoms with Gasteiger partial charge >= 0.3 is 6.18 Å². The summed E-state index contributed by atoms with van der Waals surface area (Å²) in [6, 6.07) is 7.27. The van der Waals surface area contributed by atoms with E-state index in [4.69, 9.17) is 0 Å². The summed E-state index contributed by atoms with van der Waals surface area (Å²) < 4.78 is 42.5. The van der Waals surface area contributed by atoms with E-state index in [2.05, 4.69) is 31.4 Å². The van der Waals surface area contributed by atoms with Crippen LogP contribution >= 0.6 is 15.9 Å². The van der Waals surface area contributed by atoms with Crippen molar-refractivity contribution in [1.82, 2.24) is 19.6 Å². The molecule has 0 saturated carbocycles. The van der Waals surface area contributed by atoms with Gasteiger partial charge in [-0.25, -0.2) is 0 Å². The van der Waals surface area contributed by atoms with E-state index < -0.39 is 23.8 Å². The Hall–Kier alpha value is -2.62. The largest absolute Gasteiger partial charge is 0.435 e. The number of hydrogen-bond donors (Lipinski definition) is 1. The molecule has 3 rings (SSSR count). The number of benzene rings is 1. The third kappa shape index (κ3) is 4.58. The monoisotopic (exact) mass is 483 g/mol. The summed E-state index contributed by atoms with van der Waals surface area (Å²) in [5.41, 5.74) is 2.59. The number of halogens is 4. The molecule has 2 aromatic heterocycles. The van der Waals surface area contributed by atoms with Crippen LogP contribution < -0.4 is 5.32 Å². The maximum atomic E-state index is 12.9. The molecule has 1 N–H and O–H groups in total. The van der Waals surface area contributed by atoms with Crippen molar-refractivity contribution in [3.63, 3.8) is 0 Å². The zero-order chi connectivity index (χ0) is 22.2. The first-order chi connectivity index (χ1) is 14.0. The Morgan fingerprint density at radius 1 is 1.20 bits per heavy atom. The Kier molecular flexibility index (Phi) is 6.07. The maximum absolute atomic E-state index is 12.9. The number of nitrogens with one attached hydrogen (secondary N) is 1. The summed E-state index contributed by atoms with van der Waals surface area (Å²) in [5.74, 6) is -0.457. The molecule has 1 unspecified atom stereocenters. The zero-order valence-corrected chi connectivity index (χ0v) is 18.5. The van der Waals surface area contributed by atoms with Crippen LogP contribution in [0.1, 0.15) is 41.3 Å². The van der Waals surface area contributed by atoms with Gasteiger partial charge in [-0.15, -0.1) is 0 Å². The first kappa shape index (κ1) is 22.1. The fourth-order valence-corrected chi connectivity index (χ4v) is 3.41. The molecule has 160 valence electrons. The van der Waals surface area contributed by atoms with E-state index in [1.807, 2.05) is 30.7 Å². The quantitative estimate of drug-likeness (QED) is 0.553. The highest BCUT2D eigenvalue weighted by atomic mass is 79.9. The van der Waals surface area contributed by atoms with Crippen molar-refractivity contribution in [2.45, 2.75) is 46.5 Å². The summed E-state index contributed by atoms with van der Waals surface area (Å²) in [5, 5.41) is 10.8. The lowest BCUT2D eigenvalue weighted by atomic mass is 10.2. The molecule has 0 radical (unpaired) electrons. The average molecular weight is 484 g/mol. The van der Waals surface area contributed by atoms with E-state index >= 15 is 0 Å². The first-order valence-corrected chi connectivity index (χ1v) is 9.99. The third-order valence-electron chi connectivity index (χ3n) is 4.78. The molecule has 1 aromatic carbocycles. The number of anilines is 1. The average Bonchev–Trinajstić information content (AvgIpc) is 3.17. The number of aryl methyl sites for hydroxylation is 2. The van der Waals surface area contributed by atoms with Crippen molar-refractivity contribution >= 4 is 27.5 Å². The highest BCUT2D eigenvalue weighted by molar-refractivity contribution is 9.10. The Morgan fingerprint density at radius 2 is 1.90 bits per heavy atom. The second kappa shape index (κ2) is 8.25. The fourth-order valence-electron chi connectivity index (χ4n) is 3.13. The minimum Gasteiger partial charge on any atom is -0.324 e. The molecule has 0 saturated heterocycles. The second-order valence-electron chi connectivity index (χ2n) is 7.12. The number of aromatic nitrogens is 4. The molecule has 0 aliphatic carbocycles. The van der Waals surface area contributed by atoms with E-state index in [-0.39, 0.29) is 5.69 Å². The lowest BCUT2D eigenvalue weighted by molar-refractivity contribution is -0.141. The van der Waals surface area contributed by atoms with E-state index in [9.17, 15) is 18.0 Å². The van der Waals surface area contributed by atoms with E-state index in [0.717, 1.165) is 32.2 Å². The molecule has 3 aromatic rings. The van der Waals surface area contributed by atoms with Gasteiger partial charge in [0.2, 0.25) is 5.91 Å². The van der Waals surface area contributed by atoms with Crippen molar-refractivity contribution in [3.8, 4) is 0 Å². The van der Waals surface area contributed by atoms with Gasteiger partial charge in [-0.2, -0.15) is 23.4 Å². The minimum absolute atomic E-state index is 0.258. The van der Waals surface area contributed by atoms with Gasteiger partial charge in [0.25, 0.3) is 0 Å². The van der Waals surface area contributed by atoms with Crippen LogP contribution in [0.5, 0.6) is 0 Å². The molecule has 0 fully saturated rings. The smallest absolute Gasteiger partial charge is 0.324 e. The topological polar surface area (TPSA) is 64.7 Å². The van der Waals surface area contributed by atoms with Crippen LogP contribution in [0.4, 0.5) is 18.9 Å². The maximum Gasteiger partial charge on any atom is 0.435 e. The standard InChI is InChI=1S/C20H21BrF3N5O/c1-11-8-17(20(22,23)24)27-29(11)14(4)19(30)25-16-7-5-6-15(9-16)10-28-13(3)18(21)12(2)26-28/h5-9,14H,10H2,1-4H3,(H,25,30). The number of carbonyl (C=O) groups excluding carboxylic acids is 1. The van der Waals surface area contributed by atoms with Crippen LogP contribution in [0.2, 0.25) is 0 Å². The Labute approximate surface area is 180 Å². The SMILES string of the molecule is Cc1nn(Cc2cccc(NC(=O)C(C)n3nc(C(F)(F)F)cc3C)c2)c(C)c1Br. The molecular weight excluding hydrogens is 463 g/mol. The molecule has 6 nitrogen and oxygen atoms in total. The molecule has 10 heteroatoms. The van der Waals surface area contributed by atoms with Crippen molar-refractivity contribution in [2.75, 3.05) is 5.32 Å². The number of alkyl halides is 3. The summed E-state index contributed by atoms with van der Waals surface area (Å²) in [6.45, 7) is 7.38. The van der Waals surface area contributed by atoms with Crippen molar-refractivity contribution in [3.05, 3.63) is 63.1 Å². The van der Waals surface area contributed by atoms with Gasteiger partial charge in [0.05, 0.1) is 22.4 Å². The zero-order valence-electron chi connectivity index (χ0n) is 16.9. The van der Waals surface area contributed by atoms with Crippen LogP contribution in [0.15, 0.2) is 34.8 Å². The Morgan fingerprint density at radius 3 is 2.47 bits per heavy atom. The highest BCUT2D eigenvalue weighted by Crippen LogP contribution is 2.29. The van der Waals surface area contributed by atoms with Crippen molar-refractivity contribution < 1.29 is 18.0 Å². The van der Waals surface area contributed by atoms with Gasteiger partial charge in [-0.05, 0) is 67.4 Å². The fraction of sp³-hybridized carbons (Fsp3) is 0.350. The van der Waals surface area contributed by atoms with Gasteiger partial charge < -0.3 is 5.32 Å². The normalized spacial score (nSPS) is 12.8. The lowest BCUT2D eigenvalue weighted by Gasteiger charge is -2.15. The van der Waals surface area contributed by atoms with E-state index in [1.165, 1.54) is 13.8 Å². The molecule has 1 amide bonds. The Bertz CT molecular complexity index is 1090. The van der Waals surface area contributed by atoms with Crippen LogP contribution in [0.3, 0.4) is 0 Å². The van der Waals surface area contributed by atoms with Crippen LogP contribution in [0.25, 0.3) is 0 Å². The van der Waals surface area contributed by atoms with Crippen molar-refractivity contribution in [1.29, 1.82) is 0 Å². The molecule has 0 aliphatic rings. The minimum atomic E-state index is -4.56. The molecule has 2 heterocycles. The molecule has 1 atom stereocenters. The number of rotatable bonds is 5. The number of carbonyl (C=O) groups is 1. The summed E-state index contributed by atoms with van der Waals surface area (Å²) >= 11 is 3.50. The number of amides is 1. The lowest BCUT2D eigenvalue weighted by Crippen LogP contribution is -2.25. The molecule has 0 aliphatic heterocycles.